The van der Waals surface area contributed by atoms with Crippen LogP contribution < -0.4 is 10.2 Å². The number of phenolic OH excluding ortho intramolecular Hbond substituents is 1. The summed E-state index contributed by atoms with van der Waals surface area (Å²) < 4.78 is 6.45. The Morgan fingerprint density at radius 2 is 1.94 bits per heavy atom. The highest BCUT2D eigenvalue weighted by Crippen LogP contribution is 2.60. The van der Waals surface area contributed by atoms with E-state index < -0.39 is 0 Å². The zero-order valence-electron chi connectivity index (χ0n) is 17.7. The highest BCUT2D eigenvalue weighted by molar-refractivity contribution is 14.1. The van der Waals surface area contributed by atoms with E-state index in [-0.39, 0.29) is 23.0 Å². The number of aromatic hydroxyl groups is 1. The zero-order chi connectivity index (χ0) is 22.6. The molecule has 32 heavy (non-hydrogen) atoms. The Labute approximate surface area is 210 Å². The van der Waals surface area contributed by atoms with Crippen LogP contribution in [-0.2, 0) is 9.59 Å². The summed E-state index contributed by atoms with van der Waals surface area (Å²) in [4.78, 5) is 26.9. The molecule has 0 radical (unpaired) electrons. The first kappa shape index (κ1) is 22.5. The molecule has 170 valence electrons. The van der Waals surface area contributed by atoms with E-state index in [9.17, 15) is 14.7 Å². The van der Waals surface area contributed by atoms with E-state index in [1.807, 2.05) is 29.5 Å². The maximum Gasteiger partial charge on any atom is 0.285 e. The lowest BCUT2D eigenvalue weighted by Gasteiger charge is -2.55. The lowest BCUT2D eigenvalue weighted by molar-refractivity contribution is -0.152. The molecule has 9 heteroatoms. The molecular formula is C23H25IN2O4S2. The summed E-state index contributed by atoms with van der Waals surface area (Å²) in [7, 11) is 0. The molecule has 6 nitrogen and oxygen atoms in total. The Bertz CT molecular complexity index is 1010. The summed E-state index contributed by atoms with van der Waals surface area (Å²) in [5.74, 6) is 2.03. The quantitative estimate of drug-likeness (QED) is 0.293. The Hall–Kier alpha value is -1.33. The summed E-state index contributed by atoms with van der Waals surface area (Å²) in [5.41, 5.74) is 3.26. The molecule has 2 amide bonds. The zero-order valence-corrected chi connectivity index (χ0v) is 21.5. The number of halogens is 1. The van der Waals surface area contributed by atoms with E-state index in [1.165, 1.54) is 36.0 Å². The van der Waals surface area contributed by atoms with E-state index in [1.54, 1.807) is 18.2 Å². The molecule has 5 fully saturated rings. The van der Waals surface area contributed by atoms with Gasteiger partial charge in [-0.05, 0) is 122 Å². The molecule has 6 rings (SSSR count). The second-order valence-corrected chi connectivity index (χ2v) is 12.3. The number of amides is 2. The summed E-state index contributed by atoms with van der Waals surface area (Å²) in [6, 6.07) is 3.47. The van der Waals surface area contributed by atoms with Crippen molar-refractivity contribution in [3.8, 4) is 11.5 Å². The molecule has 1 aliphatic heterocycles. The number of rotatable bonds is 5. The lowest BCUT2D eigenvalue weighted by atomic mass is 9.49. The van der Waals surface area contributed by atoms with Gasteiger partial charge in [0.25, 0.3) is 5.91 Å². The van der Waals surface area contributed by atoms with E-state index in [2.05, 4.69) is 5.43 Å². The molecule has 1 aromatic carbocycles. The van der Waals surface area contributed by atoms with Crippen molar-refractivity contribution < 1.29 is 19.4 Å². The van der Waals surface area contributed by atoms with Gasteiger partial charge >= 0.3 is 0 Å². The monoisotopic (exact) mass is 584 g/mol. The van der Waals surface area contributed by atoms with Gasteiger partial charge in [-0.3, -0.25) is 15.0 Å². The molecule has 1 aromatic rings. The van der Waals surface area contributed by atoms with E-state index in [0.717, 1.165) is 24.8 Å². The van der Waals surface area contributed by atoms with Gasteiger partial charge in [0, 0.05) is 0 Å². The Morgan fingerprint density at radius 3 is 2.53 bits per heavy atom. The van der Waals surface area contributed by atoms with E-state index in [0.29, 0.717) is 42.9 Å². The predicted octanol–water partition coefficient (Wildman–Crippen LogP) is 4.84. The van der Waals surface area contributed by atoms with Gasteiger partial charge in [0.05, 0.1) is 20.5 Å². The van der Waals surface area contributed by atoms with Crippen LogP contribution in [0.4, 0.5) is 0 Å². The summed E-state index contributed by atoms with van der Waals surface area (Å²) in [6.45, 7) is 2.27. The number of phenols is 1. The SMILES string of the molecule is CCOc1cc(/C=C2/SC(=S)N(NC(=O)C34CC5CC(CC(C5)C3)C4)C2=O)cc(I)c1O. The third kappa shape index (κ3) is 3.94. The minimum Gasteiger partial charge on any atom is -0.504 e. The molecule has 0 atom stereocenters. The number of hydrogen-bond acceptors (Lipinski definition) is 6. The van der Waals surface area contributed by atoms with Crippen LogP contribution in [0.1, 0.15) is 51.0 Å². The smallest absolute Gasteiger partial charge is 0.285 e. The van der Waals surface area contributed by atoms with Crippen molar-refractivity contribution in [1.29, 1.82) is 0 Å². The minimum absolute atomic E-state index is 0.0491. The third-order valence-corrected chi connectivity index (χ3v) is 9.30. The van der Waals surface area contributed by atoms with Crippen LogP contribution in [0.5, 0.6) is 11.5 Å². The van der Waals surface area contributed by atoms with Crippen molar-refractivity contribution in [2.75, 3.05) is 6.61 Å². The minimum atomic E-state index is -0.346. The Kier molecular flexibility index (Phi) is 5.94. The van der Waals surface area contributed by atoms with Gasteiger partial charge in [0.15, 0.2) is 15.8 Å². The van der Waals surface area contributed by atoms with Crippen LogP contribution in [0, 0.1) is 26.7 Å². The van der Waals surface area contributed by atoms with Gasteiger partial charge in [0.1, 0.15) is 0 Å². The number of hydrazine groups is 1. The van der Waals surface area contributed by atoms with E-state index in [4.69, 9.17) is 17.0 Å². The molecule has 0 unspecified atom stereocenters. The highest BCUT2D eigenvalue weighted by Gasteiger charge is 2.55. The molecule has 4 aliphatic carbocycles. The summed E-state index contributed by atoms with van der Waals surface area (Å²) in [6.07, 6.45) is 8.29. The molecular weight excluding hydrogens is 559 g/mol. The van der Waals surface area contributed by atoms with Crippen molar-refractivity contribution >= 4 is 68.8 Å². The summed E-state index contributed by atoms with van der Waals surface area (Å²) in [5, 5.41) is 11.4. The van der Waals surface area contributed by atoms with Crippen LogP contribution >= 0.6 is 46.6 Å². The average Bonchev–Trinajstić information content (AvgIpc) is 2.98. The van der Waals surface area contributed by atoms with Crippen molar-refractivity contribution in [3.05, 3.63) is 26.2 Å². The van der Waals surface area contributed by atoms with Gasteiger partial charge in [-0.1, -0.05) is 11.8 Å². The lowest BCUT2D eigenvalue weighted by Crippen LogP contribution is -2.57. The number of nitrogens with zero attached hydrogens (tertiary/aromatic N) is 1. The normalized spacial score (nSPS) is 32.1. The first-order chi connectivity index (χ1) is 15.3. The molecule has 2 N–H and O–H groups in total. The topological polar surface area (TPSA) is 78.9 Å². The fourth-order valence-electron chi connectivity index (χ4n) is 6.27. The van der Waals surface area contributed by atoms with Crippen LogP contribution in [0.15, 0.2) is 17.0 Å². The molecule has 1 saturated heterocycles. The Morgan fingerprint density at radius 1 is 1.31 bits per heavy atom. The second kappa shape index (κ2) is 8.47. The van der Waals surface area contributed by atoms with Gasteiger partial charge in [-0.15, -0.1) is 0 Å². The van der Waals surface area contributed by atoms with Crippen LogP contribution in [0.25, 0.3) is 6.08 Å². The number of ether oxygens (including phenoxy) is 1. The van der Waals surface area contributed by atoms with Gasteiger partial charge in [-0.25, -0.2) is 0 Å². The number of thioether (sulfide) groups is 1. The fraction of sp³-hybridized carbons (Fsp3) is 0.522. The number of carbonyl (C=O) groups is 2. The fourth-order valence-corrected chi connectivity index (χ4v) is 8.07. The molecule has 0 spiro atoms. The molecule has 0 aromatic heterocycles. The predicted molar refractivity (Wildman–Crippen MR) is 136 cm³/mol. The van der Waals surface area contributed by atoms with Crippen molar-refractivity contribution in [3.63, 3.8) is 0 Å². The third-order valence-electron chi connectivity index (χ3n) is 7.18. The molecule has 5 aliphatic rings. The number of carbonyl (C=O) groups excluding carboxylic acids is 2. The molecule has 4 saturated carbocycles. The number of benzene rings is 1. The molecule has 1 heterocycles. The van der Waals surface area contributed by atoms with Crippen LogP contribution in [0.3, 0.4) is 0 Å². The van der Waals surface area contributed by atoms with Crippen molar-refractivity contribution in [2.45, 2.75) is 45.4 Å². The van der Waals surface area contributed by atoms with Gasteiger partial charge < -0.3 is 9.84 Å². The first-order valence-corrected chi connectivity index (χ1v) is 13.3. The largest absolute Gasteiger partial charge is 0.504 e. The van der Waals surface area contributed by atoms with Crippen molar-refractivity contribution in [2.24, 2.45) is 23.2 Å². The van der Waals surface area contributed by atoms with Gasteiger partial charge in [0.2, 0.25) is 5.91 Å². The number of thiocarbonyl (C=S) groups is 1. The summed E-state index contributed by atoms with van der Waals surface area (Å²) >= 11 is 8.64. The Balaban J connectivity index is 1.34. The first-order valence-electron chi connectivity index (χ1n) is 11.0. The maximum atomic E-state index is 13.4. The average molecular weight is 585 g/mol. The number of hydrogen-bond donors (Lipinski definition) is 2. The second-order valence-electron chi connectivity index (χ2n) is 9.44. The standard InChI is InChI=1S/C23H25IN2O4S2/c1-2-30-17-7-12(6-16(24)19(17)27)8-18-20(28)26(22(31)32-18)25-21(29)23-9-13-3-14(10-23)5-15(4-13)11-23/h6-8,13-15,27H,2-5,9-11H2,1H3,(H,25,29)/b18-8+. The van der Waals surface area contributed by atoms with Gasteiger partial charge in [-0.2, -0.15) is 5.01 Å². The van der Waals surface area contributed by atoms with Crippen molar-refractivity contribution in [1.82, 2.24) is 10.4 Å². The van der Waals surface area contributed by atoms with Crippen LogP contribution in [0.2, 0.25) is 0 Å². The number of nitrogens with one attached hydrogen (secondary N) is 1. The molecule has 4 bridgehead atoms. The maximum absolute atomic E-state index is 13.4. The van der Waals surface area contributed by atoms with Crippen LogP contribution in [-0.4, -0.2) is 32.9 Å². The van der Waals surface area contributed by atoms with E-state index >= 15 is 0 Å². The highest BCUT2D eigenvalue weighted by atomic mass is 127.